The molecule has 1 unspecified atom stereocenters. The van der Waals surface area contributed by atoms with Gasteiger partial charge in [0.25, 0.3) is 0 Å². The number of carboxylic acids is 1. The molecule has 5 rings (SSSR count). The average molecular weight is 614 g/mol. The maximum absolute atomic E-state index is 14.5. The van der Waals surface area contributed by atoms with Crippen LogP contribution in [0.2, 0.25) is 0 Å². The fourth-order valence-electron chi connectivity index (χ4n) is 6.02. The molecule has 0 spiro atoms. The van der Waals surface area contributed by atoms with Gasteiger partial charge in [0.15, 0.2) is 0 Å². The molecule has 0 radical (unpaired) electrons. The number of hydrogen-bond acceptors (Lipinski definition) is 6. The topological polar surface area (TPSA) is 117 Å². The highest BCUT2D eigenvalue weighted by molar-refractivity contribution is 6.01. The first-order valence-electron chi connectivity index (χ1n) is 15.1. The lowest BCUT2D eigenvalue weighted by Crippen LogP contribution is -2.55. The molecular formula is C35H39N3O7. The minimum Gasteiger partial charge on any atom is -0.496 e. The highest BCUT2D eigenvalue weighted by Crippen LogP contribution is 2.34. The first-order valence-corrected chi connectivity index (χ1v) is 15.1. The van der Waals surface area contributed by atoms with E-state index in [1.807, 2.05) is 60.7 Å². The number of fused-ring (bicyclic) bond motifs is 2. The second kappa shape index (κ2) is 13.0. The van der Waals surface area contributed by atoms with Crippen molar-refractivity contribution in [3.8, 4) is 5.75 Å². The first kappa shape index (κ1) is 31.6. The van der Waals surface area contributed by atoms with E-state index < -0.39 is 41.6 Å². The maximum atomic E-state index is 14.5. The van der Waals surface area contributed by atoms with Crippen molar-refractivity contribution in [1.29, 1.82) is 0 Å². The molecule has 1 N–H and O–H groups in total. The van der Waals surface area contributed by atoms with E-state index in [0.29, 0.717) is 17.9 Å². The quantitative estimate of drug-likeness (QED) is 0.399. The number of benzene rings is 3. The molecule has 3 aromatic rings. The number of para-hydroxylation sites is 2. The molecule has 3 aromatic carbocycles. The Bertz CT molecular complexity index is 1600. The minimum atomic E-state index is -1.10. The Balaban J connectivity index is 1.46. The Morgan fingerprint density at radius 1 is 0.867 bits per heavy atom. The number of hydrogen-bond donors (Lipinski definition) is 1. The summed E-state index contributed by atoms with van der Waals surface area (Å²) in [7, 11) is 1.57. The van der Waals surface area contributed by atoms with Crippen LogP contribution in [-0.4, -0.2) is 76.7 Å². The van der Waals surface area contributed by atoms with Gasteiger partial charge in [-0.1, -0.05) is 60.7 Å². The van der Waals surface area contributed by atoms with Gasteiger partial charge < -0.3 is 24.4 Å². The van der Waals surface area contributed by atoms with Gasteiger partial charge in [0.2, 0.25) is 11.8 Å². The van der Waals surface area contributed by atoms with Gasteiger partial charge in [-0.25, -0.2) is 9.59 Å². The lowest BCUT2D eigenvalue weighted by molar-refractivity contribution is -0.153. The Morgan fingerprint density at radius 3 is 2.18 bits per heavy atom. The molecule has 3 amide bonds. The van der Waals surface area contributed by atoms with Crippen LogP contribution in [0.15, 0.2) is 72.8 Å². The summed E-state index contributed by atoms with van der Waals surface area (Å²) in [5.74, 6) is -1.36. The molecule has 0 saturated carbocycles. The summed E-state index contributed by atoms with van der Waals surface area (Å²) in [5.41, 5.74) is 3.21. The molecule has 10 heteroatoms. The summed E-state index contributed by atoms with van der Waals surface area (Å²) in [6.07, 6.45) is 0.153. The third kappa shape index (κ3) is 6.95. The maximum Gasteiger partial charge on any atom is 0.415 e. The van der Waals surface area contributed by atoms with E-state index in [1.165, 1.54) is 14.7 Å². The van der Waals surface area contributed by atoms with Crippen molar-refractivity contribution >= 4 is 29.6 Å². The zero-order valence-corrected chi connectivity index (χ0v) is 26.1. The summed E-state index contributed by atoms with van der Waals surface area (Å²) >= 11 is 0. The van der Waals surface area contributed by atoms with Crippen molar-refractivity contribution in [2.24, 2.45) is 0 Å². The van der Waals surface area contributed by atoms with Crippen LogP contribution in [0.5, 0.6) is 5.75 Å². The normalized spacial score (nSPS) is 17.2. The van der Waals surface area contributed by atoms with Crippen LogP contribution >= 0.6 is 0 Å². The molecule has 0 aromatic heterocycles. The number of nitrogens with zero attached hydrogens (tertiary/aromatic N) is 3. The van der Waals surface area contributed by atoms with Crippen LogP contribution < -0.4 is 9.64 Å². The van der Waals surface area contributed by atoms with Crippen LogP contribution in [0.1, 0.15) is 43.0 Å². The van der Waals surface area contributed by atoms with Gasteiger partial charge in [0.1, 0.15) is 23.4 Å². The van der Waals surface area contributed by atoms with Crippen molar-refractivity contribution in [2.45, 2.75) is 64.3 Å². The summed E-state index contributed by atoms with van der Waals surface area (Å²) in [6.45, 7) is 5.20. The van der Waals surface area contributed by atoms with E-state index in [1.54, 1.807) is 40.0 Å². The predicted octanol–water partition coefficient (Wildman–Crippen LogP) is 4.47. The number of anilines is 1. The smallest absolute Gasteiger partial charge is 0.415 e. The number of rotatable bonds is 8. The molecule has 0 saturated heterocycles. The molecule has 0 aliphatic carbocycles. The van der Waals surface area contributed by atoms with E-state index in [9.17, 15) is 24.3 Å². The van der Waals surface area contributed by atoms with Gasteiger partial charge in [0.05, 0.1) is 19.3 Å². The Kier molecular flexibility index (Phi) is 9.13. The number of carbonyl (C=O) groups is 4. The number of methoxy groups -OCH3 is 1. The molecule has 236 valence electrons. The zero-order valence-electron chi connectivity index (χ0n) is 26.1. The SMILES string of the molecule is COc1ccccc1CCN(CC(=O)N1Cc2ccccc2CC1C(=O)O)C(=O)[C@H]1Cc2ccccc2N1C(=O)OC(C)(C)C. The van der Waals surface area contributed by atoms with Crippen molar-refractivity contribution in [3.63, 3.8) is 0 Å². The van der Waals surface area contributed by atoms with Gasteiger partial charge in [0, 0.05) is 25.9 Å². The third-order valence-electron chi connectivity index (χ3n) is 8.19. The van der Waals surface area contributed by atoms with Gasteiger partial charge in [-0.05, 0) is 61.6 Å². The summed E-state index contributed by atoms with van der Waals surface area (Å²) in [4.78, 5) is 58.4. The molecule has 0 bridgehead atoms. The van der Waals surface area contributed by atoms with E-state index >= 15 is 0 Å². The molecule has 2 heterocycles. The molecule has 2 aliphatic rings. The molecule has 2 atom stereocenters. The van der Waals surface area contributed by atoms with Crippen molar-refractivity contribution in [3.05, 3.63) is 95.1 Å². The summed E-state index contributed by atoms with van der Waals surface area (Å²) < 4.78 is 11.2. The molecular weight excluding hydrogens is 574 g/mol. The third-order valence-corrected chi connectivity index (χ3v) is 8.19. The van der Waals surface area contributed by atoms with E-state index in [4.69, 9.17) is 9.47 Å². The largest absolute Gasteiger partial charge is 0.496 e. The lowest BCUT2D eigenvalue weighted by atomic mass is 9.94. The monoisotopic (exact) mass is 613 g/mol. The molecule has 0 fully saturated rings. The van der Waals surface area contributed by atoms with Gasteiger partial charge in [-0.3, -0.25) is 14.5 Å². The predicted molar refractivity (Wildman–Crippen MR) is 168 cm³/mol. The van der Waals surface area contributed by atoms with Crippen LogP contribution in [0, 0.1) is 0 Å². The van der Waals surface area contributed by atoms with Gasteiger partial charge >= 0.3 is 12.1 Å². The average Bonchev–Trinajstić information content (AvgIpc) is 3.41. The number of carbonyl (C=O) groups excluding carboxylic acids is 3. The molecule has 2 aliphatic heterocycles. The Labute approximate surface area is 263 Å². The second-order valence-corrected chi connectivity index (χ2v) is 12.4. The summed E-state index contributed by atoms with van der Waals surface area (Å²) in [5, 5.41) is 10.1. The molecule has 45 heavy (non-hydrogen) atoms. The first-order chi connectivity index (χ1) is 21.5. The second-order valence-electron chi connectivity index (χ2n) is 12.4. The van der Waals surface area contributed by atoms with E-state index in [2.05, 4.69) is 0 Å². The van der Waals surface area contributed by atoms with E-state index in [-0.39, 0.29) is 32.5 Å². The zero-order chi connectivity index (χ0) is 32.3. The number of ether oxygens (including phenoxy) is 2. The van der Waals surface area contributed by atoms with Crippen LogP contribution in [0.3, 0.4) is 0 Å². The van der Waals surface area contributed by atoms with Crippen molar-refractivity contribution in [2.75, 3.05) is 25.1 Å². The lowest BCUT2D eigenvalue weighted by Gasteiger charge is -2.37. The standard InChI is InChI=1S/C35H39N3O7/c1-35(2,3)45-34(43)38-27-15-9-7-13-25(27)20-28(38)32(40)36(18-17-23-11-8-10-16-30(23)44-4)22-31(39)37-21-26-14-6-5-12-24(26)19-29(37)33(41)42/h5-16,28-29H,17-22H2,1-4H3,(H,41,42)/t28-,29?/m1/s1. The fraction of sp³-hybridized carbons (Fsp3) is 0.371. The summed E-state index contributed by atoms with van der Waals surface area (Å²) in [6, 6.07) is 20.2. The highest BCUT2D eigenvalue weighted by atomic mass is 16.6. The minimum absolute atomic E-state index is 0.124. The van der Waals surface area contributed by atoms with E-state index in [0.717, 1.165) is 22.3 Å². The fourth-order valence-corrected chi connectivity index (χ4v) is 6.02. The Morgan fingerprint density at radius 2 is 1.49 bits per heavy atom. The number of aliphatic carboxylic acids is 1. The van der Waals surface area contributed by atoms with Crippen LogP contribution in [0.4, 0.5) is 10.5 Å². The number of amides is 3. The molecule has 10 nitrogen and oxygen atoms in total. The van der Waals surface area contributed by atoms with Crippen LogP contribution in [-0.2, 0) is 44.9 Å². The highest BCUT2D eigenvalue weighted by Gasteiger charge is 2.43. The van der Waals surface area contributed by atoms with Crippen LogP contribution in [0.25, 0.3) is 0 Å². The van der Waals surface area contributed by atoms with Gasteiger partial charge in [-0.15, -0.1) is 0 Å². The van der Waals surface area contributed by atoms with Crippen molar-refractivity contribution < 1.29 is 33.8 Å². The number of carboxylic acid groups (broad SMARTS) is 1. The van der Waals surface area contributed by atoms with Crippen molar-refractivity contribution in [1.82, 2.24) is 9.80 Å². The Hall–Kier alpha value is -4.86. The van der Waals surface area contributed by atoms with Gasteiger partial charge in [-0.2, -0.15) is 0 Å².